The topological polar surface area (TPSA) is 12.0 Å². The van der Waals surface area contributed by atoms with Crippen LogP contribution < -0.4 is 5.32 Å². The number of halogens is 1. The normalized spacial score (nSPS) is 19.7. The van der Waals surface area contributed by atoms with Crippen LogP contribution in [-0.2, 0) is 12.8 Å². The van der Waals surface area contributed by atoms with Crippen LogP contribution in [0.5, 0.6) is 0 Å². The molecule has 0 heterocycles. The van der Waals surface area contributed by atoms with Crippen LogP contribution in [0, 0.1) is 5.82 Å². The van der Waals surface area contributed by atoms with Crippen LogP contribution in [0.4, 0.5) is 4.39 Å². The maximum atomic E-state index is 13.4. The van der Waals surface area contributed by atoms with Gasteiger partial charge in [-0.15, -0.1) is 0 Å². The molecule has 0 bridgehead atoms. The lowest BCUT2D eigenvalue weighted by atomic mass is 10.1. The monoisotopic (exact) mass is 193 g/mol. The van der Waals surface area contributed by atoms with Gasteiger partial charge in [-0.25, -0.2) is 4.39 Å². The van der Waals surface area contributed by atoms with Crippen molar-refractivity contribution in [2.75, 3.05) is 6.54 Å². The van der Waals surface area contributed by atoms with Gasteiger partial charge in [-0.2, -0.15) is 0 Å². The Morgan fingerprint density at radius 3 is 3.00 bits per heavy atom. The second-order valence-electron chi connectivity index (χ2n) is 3.94. The van der Waals surface area contributed by atoms with Crippen molar-refractivity contribution in [2.45, 2.75) is 32.2 Å². The summed E-state index contributed by atoms with van der Waals surface area (Å²) < 4.78 is 13.4. The van der Waals surface area contributed by atoms with Gasteiger partial charge in [0, 0.05) is 6.04 Å². The van der Waals surface area contributed by atoms with E-state index < -0.39 is 0 Å². The van der Waals surface area contributed by atoms with Crippen LogP contribution in [0.25, 0.3) is 0 Å². The average molecular weight is 193 g/mol. The minimum Gasteiger partial charge on any atom is -0.313 e. The van der Waals surface area contributed by atoms with Crippen molar-refractivity contribution < 1.29 is 4.39 Å². The summed E-state index contributed by atoms with van der Waals surface area (Å²) in [6, 6.07) is 5.84. The molecule has 1 aromatic rings. The van der Waals surface area contributed by atoms with Crippen molar-refractivity contribution in [3.63, 3.8) is 0 Å². The zero-order valence-corrected chi connectivity index (χ0v) is 8.52. The van der Waals surface area contributed by atoms with Crippen LogP contribution in [0.15, 0.2) is 18.2 Å². The summed E-state index contributed by atoms with van der Waals surface area (Å²) in [5.41, 5.74) is 2.10. The molecule has 0 radical (unpaired) electrons. The first-order valence-electron chi connectivity index (χ1n) is 5.31. The van der Waals surface area contributed by atoms with Crippen molar-refractivity contribution in [2.24, 2.45) is 0 Å². The van der Waals surface area contributed by atoms with Gasteiger partial charge in [-0.05, 0) is 43.0 Å². The Hall–Kier alpha value is -0.890. The van der Waals surface area contributed by atoms with Gasteiger partial charge in [-0.3, -0.25) is 0 Å². The molecule has 0 fully saturated rings. The van der Waals surface area contributed by atoms with E-state index in [0.29, 0.717) is 6.04 Å². The van der Waals surface area contributed by atoms with E-state index in [1.165, 1.54) is 5.56 Å². The van der Waals surface area contributed by atoms with Gasteiger partial charge in [0.2, 0.25) is 0 Å². The molecule has 14 heavy (non-hydrogen) atoms. The second-order valence-corrected chi connectivity index (χ2v) is 3.94. The smallest absolute Gasteiger partial charge is 0.126 e. The predicted molar refractivity (Wildman–Crippen MR) is 55.9 cm³/mol. The molecule has 0 aromatic heterocycles. The third-order valence-electron chi connectivity index (χ3n) is 2.82. The fraction of sp³-hybridized carbons (Fsp3) is 0.500. The van der Waals surface area contributed by atoms with E-state index in [1.54, 1.807) is 12.1 Å². The Morgan fingerprint density at radius 1 is 1.43 bits per heavy atom. The molecule has 1 atom stereocenters. The minimum atomic E-state index is -0.0386. The van der Waals surface area contributed by atoms with Gasteiger partial charge in [0.15, 0.2) is 0 Å². The molecule has 1 aliphatic rings. The maximum absolute atomic E-state index is 13.4. The first-order chi connectivity index (χ1) is 6.81. The lowest BCUT2D eigenvalue weighted by Gasteiger charge is -2.09. The standard InChI is InChI=1S/C12H16FN/c1-2-6-14-10-7-9-4-3-5-12(13)11(9)8-10/h3-5,10,14H,2,6-8H2,1H3. The lowest BCUT2D eigenvalue weighted by molar-refractivity contribution is 0.524. The highest BCUT2D eigenvalue weighted by Crippen LogP contribution is 2.24. The predicted octanol–water partition coefficient (Wildman–Crippen LogP) is 2.29. The van der Waals surface area contributed by atoms with Crippen LogP contribution >= 0.6 is 0 Å². The molecule has 1 aromatic carbocycles. The van der Waals surface area contributed by atoms with E-state index in [9.17, 15) is 4.39 Å². The quantitative estimate of drug-likeness (QED) is 0.776. The molecule has 2 heteroatoms. The number of hydrogen-bond donors (Lipinski definition) is 1. The zero-order chi connectivity index (χ0) is 9.97. The summed E-state index contributed by atoms with van der Waals surface area (Å²) in [6.45, 7) is 3.18. The Balaban J connectivity index is 2.06. The molecule has 0 saturated carbocycles. The fourth-order valence-corrected chi connectivity index (χ4v) is 2.10. The van der Waals surface area contributed by atoms with Crippen LogP contribution in [0.1, 0.15) is 24.5 Å². The van der Waals surface area contributed by atoms with E-state index in [1.807, 2.05) is 6.07 Å². The zero-order valence-electron chi connectivity index (χ0n) is 8.52. The minimum absolute atomic E-state index is 0.0386. The van der Waals surface area contributed by atoms with Gasteiger partial charge in [-0.1, -0.05) is 19.1 Å². The summed E-state index contributed by atoms with van der Waals surface area (Å²) in [4.78, 5) is 0. The highest BCUT2D eigenvalue weighted by Gasteiger charge is 2.22. The first kappa shape index (κ1) is 9.66. The summed E-state index contributed by atoms with van der Waals surface area (Å²) >= 11 is 0. The summed E-state index contributed by atoms with van der Waals surface area (Å²) in [7, 11) is 0. The molecule has 0 saturated heterocycles. The van der Waals surface area contributed by atoms with Crippen molar-refractivity contribution >= 4 is 0 Å². The molecule has 1 N–H and O–H groups in total. The third kappa shape index (κ3) is 1.80. The summed E-state index contributed by atoms with van der Waals surface area (Å²) in [6.07, 6.45) is 2.96. The van der Waals surface area contributed by atoms with E-state index >= 15 is 0 Å². The number of hydrogen-bond acceptors (Lipinski definition) is 1. The Kier molecular flexibility index (Phi) is 2.82. The lowest BCUT2D eigenvalue weighted by Crippen LogP contribution is -2.30. The van der Waals surface area contributed by atoms with E-state index in [0.717, 1.165) is 31.4 Å². The number of benzene rings is 1. The molecule has 1 unspecified atom stereocenters. The summed E-state index contributed by atoms with van der Waals surface area (Å²) in [5.74, 6) is -0.0386. The van der Waals surface area contributed by atoms with E-state index in [4.69, 9.17) is 0 Å². The maximum Gasteiger partial charge on any atom is 0.126 e. The Labute approximate surface area is 84.3 Å². The van der Waals surface area contributed by atoms with E-state index in [2.05, 4.69) is 12.2 Å². The molecular weight excluding hydrogens is 177 g/mol. The van der Waals surface area contributed by atoms with Crippen LogP contribution in [0.2, 0.25) is 0 Å². The van der Waals surface area contributed by atoms with Gasteiger partial charge < -0.3 is 5.32 Å². The average Bonchev–Trinajstić information content (AvgIpc) is 2.59. The van der Waals surface area contributed by atoms with Gasteiger partial charge in [0.25, 0.3) is 0 Å². The molecular formula is C12H16FN. The van der Waals surface area contributed by atoms with Crippen molar-refractivity contribution in [3.05, 3.63) is 35.1 Å². The summed E-state index contributed by atoms with van der Waals surface area (Å²) in [5, 5.41) is 3.44. The van der Waals surface area contributed by atoms with Crippen molar-refractivity contribution in [1.82, 2.24) is 5.32 Å². The van der Waals surface area contributed by atoms with Gasteiger partial charge in [0.1, 0.15) is 5.82 Å². The number of fused-ring (bicyclic) bond motifs is 1. The largest absolute Gasteiger partial charge is 0.313 e. The van der Waals surface area contributed by atoms with Crippen molar-refractivity contribution in [3.8, 4) is 0 Å². The second kappa shape index (κ2) is 4.09. The fourth-order valence-electron chi connectivity index (χ4n) is 2.10. The molecule has 0 amide bonds. The molecule has 0 spiro atoms. The molecule has 76 valence electrons. The highest BCUT2D eigenvalue weighted by atomic mass is 19.1. The SMILES string of the molecule is CCCNC1Cc2cccc(F)c2C1. The molecule has 0 aliphatic heterocycles. The van der Waals surface area contributed by atoms with Gasteiger partial charge >= 0.3 is 0 Å². The van der Waals surface area contributed by atoms with Gasteiger partial charge in [0.05, 0.1) is 0 Å². The molecule has 2 rings (SSSR count). The Bertz CT molecular complexity index is 322. The molecule has 1 aliphatic carbocycles. The third-order valence-corrected chi connectivity index (χ3v) is 2.82. The number of rotatable bonds is 3. The van der Waals surface area contributed by atoms with Crippen LogP contribution in [-0.4, -0.2) is 12.6 Å². The van der Waals surface area contributed by atoms with Crippen LogP contribution in [0.3, 0.4) is 0 Å². The number of nitrogens with one attached hydrogen (secondary N) is 1. The highest BCUT2D eigenvalue weighted by molar-refractivity contribution is 5.34. The molecule has 1 nitrogen and oxygen atoms in total. The van der Waals surface area contributed by atoms with E-state index in [-0.39, 0.29) is 5.82 Å². The Morgan fingerprint density at radius 2 is 2.29 bits per heavy atom. The first-order valence-corrected chi connectivity index (χ1v) is 5.31. The van der Waals surface area contributed by atoms with Crippen molar-refractivity contribution in [1.29, 1.82) is 0 Å².